The maximum Gasteiger partial charge on any atom is 0.331 e. The van der Waals surface area contributed by atoms with Gasteiger partial charge in [0.25, 0.3) is 5.91 Å². The molecule has 148 valence electrons. The first-order valence-corrected chi connectivity index (χ1v) is 10.0. The third-order valence-corrected chi connectivity index (χ3v) is 4.78. The first kappa shape index (κ1) is 20.4. The molecule has 1 amide bonds. The van der Waals surface area contributed by atoms with Gasteiger partial charge < -0.3 is 14.8 Å². The third-order valence-electron chi connectivity index (χ3n) is 3.95. The first-order chi connectivity index (χ1) is 14.2. The van der Waals surface area contributed by atoms with Crippen molar-refractivity contribution in [3.63, 3.8) is 0 Å². The monoisotopic (exact) mass is 407 g/mol. The Balaban J connectivity index is 1.78. The van der Waals surface area contributed by atoms with E-state index < -0.39 is 18.0 Å². The van der Waals surface area contributed by atoms with Gasteiger partial charge in [0.1, 0.15) is 5.75 Å². The van der Waals surface area contributed by atoms with E-state index in [2.05, 4.69) is 5.32 Å². The van der Waals surface area contributed by atoms with Crippen LogP contribution in [0, 0.1) is 0 Å². The van der Waals surface area contributed by atoms with Gasteiger partial charge in [-0.15, -0.1) is 11.3 Å². The van der Waals surface area contributed by atoms with Gasteiger partial charge >= 0.3 is 5.97 Å². The molecule has 0 aliphatic heterocycles. The average molecular weight is 407 g/mol. The topological polar surface area (TPSA) is 64.6 Å². The van der Waals surface area contributed by atoms with Crippen LogP contribution in [-0.4, -0.2) is 18.5 Å². The van der Waals surface area contributed by atoms with Gasteiger partial charge in [0.15, 0.2) is 0 Å². The molecule has 1 N–H and O–H groups in total. The molecule has 0 bridgehead atoms. The largest absolute Gasteiger partial charge is 0.492 e. The molecule has 0 saturated carbocycles. The van der Waals surface area contributed by atoms with Gasteiger partial charge in [-0.2, -0.15) is 0 Å². The predicted octanol–water partition coefficient (Wildman–Crippen LogP) is 5.08. The minimum Gasteiger partial charge on any atom is -0.492 e. The Morgan fingerprint density at radius 3 is 2.52 bits per heavy atom. The van der Waals surface area contributed by atoms with Crippen LogP contribution in [0.4, 0.5) is 5.69 Å². The summed E-state index contributed by atoms with van der Waals surface area (Å²) in [5, 5.41) is 4.72. The van der Waals surface area contributed by atoms with Crippen LogP contribution in [-0.2, 0) is 14.3 Å². The van der Waals surface area contributed by atoms with E-state index in [1.807, 2.05) is 36.6 Å². The Morgan fingerprint density at radius 2 is 1.79 bits per heavy atom. The van der Waals surface area contributed by atoms with Crippen LogP contribution in [0.1, 0.15) is 23.5 Å². The van der Waals surface area contributed by atoms with Gasteiger partial charge in [0, 0.05) is 16.5 Å². The number of hydrogen-bond acceptors (Lipinski definition) is 5. The second-order valence-electron chi connectivity index (χ2n) is 5.99. The van der Waals surface area contributed by atoms with Crippen molar-refractivity contribution in [3.05, 3.63) is 88.6 Å². The number of hydrogen-bond donors (Lipinski definition) is 1. The molecular weight excluding hydrogens is 386 g/mol. The molecule has 0 saturated heterocycles. The van der Waals surface area contributed by atoms with Gasteiger partial charge in [-0.25, -0.2) is 4.79 Å². The molecule has 1 unspecified atom stereocenters. The van der Waals surface area contributed by atoms with Gasteiger partial charge in [-0.05, 0) is 36.6 Å². The summed E-state index contributed by atoms with van der Waals surface area (Å²) in [4.78, 5) is 26.2. The Morgan fingerprint density at radius 1 is 1.03 bits per heavy atom. The number of rotatable bonds is 8. The second-order valence-corrected chi connectivity index (χ2v) is 6.97. The van der Waals surface area contributed by atoms with Gasteiger partial charge in [0.2, 0.25) is 6.10 Å². The Labute approximate surface area is 173 Å². The van der Waals surface area contributed by atoms with Crippen LogP contribution in [0.25, 0.3) is 6.08 Å². The van der Waals surface area contributed by atoms with E-state index in [1.54, 1.807) is 48.5 Å². The number of carbonyl (C=O) groups is 2. The SMILES string of the molecule is CCOc1ccccc1NC(=O)C(OC(=O)/C=C/c1cccs1)c1ccccc1. The van der Waals surface area contributed by atoms with E-state index in [1.165, 1.54) is 17.4 Å². The molecule has 3 aromatic rings. The number of thiophene rings is 1. The smallest absolute Gasteiger partial charge is 0.331 e. The van der Waals surface area contributed by atoms with Crippen molar-refractivity contribution in [1.29, 1.82) is 0 Å². The highest BCUT2D eigenvalue weighted by Gasteiger charge is 2.25. The molecule has 1 heterocycles. The zero-order valence-corrected chi connectivity index (χ0v) is 16.7. The van der Waals surface area contributed by atoms with E-state index >= 15 is 0 Å². The lowest BCUT2D eigenvalue weighted by Crippen LogP contribution is -2.25. The number of amides is 1. The molecule has 3 rings (SSSR count). The Bertz CT molecular complexity index is 968. The van der Waals surface area contributed by atoms with Crippen molar-refractivity contribution in [2.75, 3.05) is 11.9 Å². The quantitative estimate of drug-likeness (QED) is 0.418. The van der Waals surface area contributed by atoms with Crippen molar-refractivity contribution < 1.29 is 19.1 Å². The highest BCUT2D eigenvalue weighted by atomic mass is 32.1. The number of benzene rings is 2. The summed E-state index contributed by atoms with van der Waals surface area (Å²) < 4.78 is 11.0. The van der Waals surface area contributed by atoms with Crippen molar-refractivity contribution in [1.82, 2.24) is 0 Å². The lowest BCUT2D eigenvalue weighted by Gasteiger charge is -2.18. The van der Waals surface area contributed by atoms with Crippen LogP contribution < -0.4 is 10.1 Å². The summed E-state index contributed by atoms with van der Waals surface area (Å²) in [7, 11) is 0. The average Bonchev–Trinajstić information content (AvgIpc) is 3.26. The zero-order chi connectivity index (χ0) is 20.5. The summed E-state index contributed by atoms with van der Waals surface area (Å²) >= 11 is 1.51. The van der Waals surface area contributed by atoms with Crippen LogP contribution in [0.5, 0.6) is 5.75 Å². The predicted molar refractivity (Wildman–Crippen MR) is 115 cm³/mol. The van der Waals surface area contributed by atoms with Crippen molar-refractivity contribution in [2.45, 2.75) is 13.0 Å². The molecule has 5 nitrogen and oxygen atoms in total. The van der Waals surface area contributed by atoms with Crippen LogP contribution in [0.15, 0.2) is 78.2 Å². The van der Waals surface area contributed by atoms with Crippen LogP contribution in [0.3, 0.4) is 0 Å². The lowest BCUT2D eigenvalue weighted by molar-refractivity contribution is -0.149. The molecule has 1 aromatic heterocycles. The van der Waals surface area contributed by atoms with E-state index in [4.69, 9.17) is 9.47 Å². The Kier molecular flexibility index (Phi) is 7.19. The lowest BCUT2D eigenvalue weighted by atomic mass is 10.1. The van der Waals surface area contributed by atoms with Crippen LogP contribution in [0.2, 0.25) is 0 Å². The second kappa shape index (κ2) is 10.2. The van der Waals surface area contributed by atoms with Gasteiger partial charge in [-0.1, -0.05) is 48.5 Å². The van der Waals surface area contributed by atoms with Gasteiger partial charge in [-0.3, -0.25) is 4.79 Å². The minimum absolute atomic E-state index is 0.457. The highest BCUT2D eigenvalue weighted by molar-refractivity contribution is 7.10. The molecule has 1 atom stereocenters. The summed E-state index contributed by atoms with van der Waals surface area (Å²) in [6.45, 7) is 2.34. The fourth-order valence-corrected chi connectivity index (χ4v) is 3.26. The molecule has 0 aliphatic rings. The summed E-state index contributed by atoms with van der Waals surface area (Å²) in [5.74, 6) is -0.499. The van der Waals surface area contributed by atoms with Crippen molar-refractivity contribution in [3.8, 4) is 5.75 Å². The Hall–Kier alpha value is -3.38. The number of anilines is 1. The third kappa shape index (κ3) is 5.80. The van der Waals surface area contributed by atoms with Crippen molar-refractivity contribution >= 4 is 35.0 Å². The summed E-state index contributed by atoms with van der Waals surface area (Å²) in [6, 6.07) is 19.8. The molecule has 0 aliphatic carbocycles. The first-order valence-electron chi connectivity index (χ1n) is 9.17. The normalized spacial score (nSPS) is 11.8. The van der Waals surface area contributed by atoms with Crippen molar-refractivity contribution in [2.24, 2.45) is 0 Å². The van der Waals surface area contributed by atoms with Gasteiger partial charge in [0.05, 0.1) is 12.3 Å². The molecule has 0 fully saturated rings. The number of nitrogens with one attached hydrogen (secondary N) is 1. The summed E-state index contributed by atoms with van der Waals surface area (Å²) in [5.41, 5.74) is 1.10. The van der Waals surface area contributed by atoms with E-state index in [9.17, 15) is 9.59 Å². The highest BCUT2D eigenvalue weighted by Crippen LogP contribution is 2.27. The molecule has 0 spiro atoms. The van der Waals surface area contributed by atoms with E-state index in [-0.39, 0.29) is 0 Å². The van der Waals surface area contributed by atoms with E-state index in [0.717, 1.165) is 4.88 Å². The standard InChI is InChI=1S/C23H21NO4S/c1-2-27-20-13-7-6-12-19(20)24-23(26)22(17-9-4-3-5-10-17)28-21(25)15-14-18-11-8-16-29-18/h3-16,22H,2H2,1H3,(H,24,26)/b15-14+. The number of para-hydroxylation sites is 2. The molecule has 2 aromatic carbocycles. The fraction of sp³-hybridized carbons (Fsp3) is 0.130. The number of carbonyl (C=O) groups excluding carboxylic acids is 2. The molecule has 0 radical (unpaired) electrons. The van der Waals surface area contributed by atoms with Crippen LogP contribution >= 0.6 is 11.3 Å². The molecular formula is C23H21NO4S. The number of ether oxygens (including phenoxy) is 2. The maximum absolute atomic E-state index is 13.0. The zero-order valence-electron chi connectivity index (χ0n) is 15.9. The van der Waals surface area contributed by atoms with E-state index in [0.29, 0.717) is 23.6 Å². The fourth-order valence-electron chi connectivity index (χ4n) is 2.64. The summed E-state index contributed by atoms with van der Waals surface area (Å²) in [6.07, 6.45) is 1.90. The number of esters is 1. The molecule has 6 heteroatoms. The maximum atomic E-state index is 13.0. The molecule has 29 heavy (non-hydrogen) atoms. The minimum atomic E-state index is -1.09.